The quantitative estimate of drug-likeness (QED) is 0.131. The molecule has 1 unspecified atom stereocenters. The van der Waals surface area contributed by atoms with Crippen molar-refractivity contribution in [2.24, 2.45) is 0 Å². The first-order valence-corrected chi connectivity index (χ1v) is 15.3. The predicted molar refractivity (Wildman–Crippen MR) is 194 cm³/mol. The van der Waals surface area contributed by atoms with Gasteiger partial charge in [-0.1, -0.05) is 143 Å². The molecular formula is C40H44N2S. The molecule has 0 saturated heterocycles. The number of nitrogens with two attached hydrogens (primary N) is 1. The summed E-state index contributed by atoms with van der Waals surface area (Å²) in [5.74, 6) is -0.0814. The Kier molecular flexibility index (Phi) is 12.9. The molecule has 1 aromatic heterocycles. The standard InChI is InChI=1S/C38H38N2S.C2H6/c1-5-7-10-17-28(3)29(4)25-26-33-32-21-14-16-24-36(32)40(38(33)41)27-31(18-8-6-2)37(30-19-11-9-12-20-30)34-22-13-15-23-35(34)39;1-2/h5-13,15-20,22-27,37,41H,1-2,4,14,21,39H2,3H3;1-2H3/b10-7-,18-8-,26-25-,28-17+,31-27+;. The van der Waals surface area contributed by atoms with Crippen molar-refractivity contribution >= 4 is 36.7 Å². The van der Waals surface area contributed by atoms with Gasteiger partial charge >= 0.3 is 0 Å². The largest absolute Gasteiger partial charge is 0.398 e. The Morgan fingerprint density at radius 2 is 1.65 bits per heavy atom. The van der Waals surface area contributed by atoms with Crippen LogP contribution < -0.4 is 5.73 Å². The molecular weight excluding hydrogens is 541 g/mol. The molecule has 0 radical (unpaired) electrons. The van der Waals surface area contributed by atoms with Gasteiger partial charge in [0, 0.05) is 29.1 Å². The normalized spacial score (nSPS) is 14.0. The molecule has 2 nitrogen and oxygen atoms in total. The fraction of sp³-hybridized carbons (Fsp3) is 0.150. The highest BCUT2D eigenvalue weighted by Crippen LogP contribution is 2.39. The van der Waals surface area contributed by atoms with Gasteiger partial charge in [0.25, 0.3) is 0 Å². The van der Waals surface area contributed by atoms with Crippen LogP contribution >= 0.6 is 12.6 Å². The molecule has 43 heavy (non-hydrogen) atoms. The fourth-order valence-electron chi connectivity index (χ4n) is 5.05. The van der Waals surface area contributed by atoms with Gasteiger partial charge in [0.1, 0.15) is 0 Å². The summed E-state index contributed by atoms with van der Waals surface area (Å²) in [7, 11) is 0. The lowest BCUT2D eigenvalue weighted by molar-refractivity contribution is 0.932. The number of hydrogen-bond acceptors (Lipinski definition) is 2. The number of hydrogen-bond donors (Lipinski definition) is 2. The Hall–Kier alpha value is -4.47. The maximum absolute atomic E-state index is 6.56. The van der Waals surface area contributed by atoms with Crippen LogP contribution in [0.25, 0.3) is 18.4 Å². The van der Waals surface area contributed by atoms with Crippen LogP contribution in [0.15, 0.2) is 151 Å². The van der Waals surface area contributed by atoms with Crippen LogP contribution in [0.3, 0.4) is 0 Å². The topological polar surface area (TPSA) is 30.9 Å². The van der Waals surface area contributed by atoms with Crippen molar-refractivity contribution in [1.29, 1.82) is 0 Å². The van der Waals surface area contributed by atoms with Crippen LogP contribution in [0.5, 0.6) is 0 Å². The second-order valence-corrected chi connectivity index (χ2v) is 10.4. The minimum Gasteiger partial charge on any atom is -0.398 e. The zero-order valence-electron chi connectivity index (χ0n) is 25.7. The molecule has 1 heterocycles. The van der Waals surface area contributed by atoms with Gasteiger partial charge < -0.3 is 10.3 Å². The Labute approximate surface area is 264 Å². The molecule has 0 aliphatic heterocycles. The molecule has 0 fully saturated rings. The maximum atomic E-state index is 6.56. The highest BCUT2D eigenvalue weighted by Gasteiger charge is 2.23. The van der Waals surface area contributed by atoms with Crippen LogP contribution in [-0.4, -0.2) is 4.57 Å². The number of rotatable bonds is 11. The van der Waals surface area contributed by atoms with Crippen LogP contribution in [-0.2, 0) is 6.42 Å². The number of benzene rings is 2. The Bertz CT molecular complexity index is 1600. The number of fused-ring (bicyclic) bond motifs is 1. The number of aromatic nitrogens is 1. The summed E-state index contributed by atoms with van der Waals surface area (Å²) in [6.07, 6.45) is 26.4. The molecule has 0 bridgehead atoms. The van der Waals surface area contributed by atoms with E-state index >= 15 is 0 Å². The van der Waals surface area contributed by atoms with Crippen molar-refractivity contribution in [2.45, 2.75) is 44.6 Å². The number of nitrogen functional groups attached to an aromatic ring is 1. The van der Waals surface area contributed by atoms with Gasteiger partial charge in [-0.05, 0) is 65.3 Å². The third-order valence-electron chi connectivity index (χ3n) is 7.23. The lowest BCUT2D eigenvalue weighted by Crippen LogP contribution is -2.08. The summed E-state index contributed by atoms with van der Waals surface area (Å²) in [6.45, 7) is 18.0. The van der Waals surface area contributed by atoms with E-state index < -0.39 is 0 Å². The van der Waals surface area contributed by atoms with Crippen molar-refractivity contribution in [3.05, 3.63) is 174 Å². The Morgan fingerprint density at radius 1 is 0.953 bits per heavy atom. The van der Waals surface area contributed by atoms with Crippen LogP contribution in [0.1, 0.15) is 61.1 Å². The first kappa shape index (κ1) is 33.0. The first-order chi connectivity index (χ1) is 21.0. The molecule has 0 spiro atoms. The van der Waals surface area contributed by atoms with Crippen LogP contribution in [0.4, 0.5) is 5.69 Å². The van der Waals surface area contributed by atoms with E-state index in [1.54, 1.807) is 12.2 Å². The SMILES string of the molecule is C=C/C=C\C=C(/C)C(=C)/C=C\c1c2c(n(/C=C(\C=C/C=C)C(c3ccccc3)c3ccccc3N)c1S)C=CCC2.CC. The molecule has 2 aromatic carbocycles. The second kappa shape index (κ2) is 16.8. The summed E-state index contributed by atoms with van der Waals surface area (Å²) < 4.78 is 2.20. The van der Waals surface area contributed by atoms with Crippen molar-refractivity contribution in [2.75, 3.05) is 5.73 Å². The molecule has 2 N–H and O–H groups in total. The monoisotopic (exact) mass is 584 g/mol. The van der Waals surface area contributed by atoms with E-state index in [9.17, 15) is 0 Å². The summed E-state index contributed by atoms with van der Waals surface area (Å²) in [6, 6.07) is 18.6. The van der Waals surface area contributed by atoms with E-state index in [-0.39, 0.29) is 5.92 Å². The number of nitrogens with zero attached hydrogens (tertiary/aromatic N) is 1. The summed E-state index contributed by atoms with van der Waals surface area (Å²) in [5, 5.41) is 0.885. The molecule has 3 heteroatoms. The third-order valence-corrected chi connectivity index (χ3v) is 7.68. The van der Waals surface area contributed by atoms with Gasteiger partial charge in [-0.3, -0.25) is 0 Å². The van der Waals surface area contributed by atoms with Crippen LogP contribution in [0, 0.1) is 0 Å². The minimum atomic E-state index is -0.0814. The summed E-state index contributed by atoms with van der Waals surface area (Å²) in [4.78, 5) is 0. The van der Waals surface area contributed by atoms with Gasteiger partial charge in [0.05, 0.1) is 5.03 Å². The molecule has 1 aliphatic carbocycles. The number of thiol groups is 1. The van der Waals surface area contributed by atoms with E-state index in [0.29, 0.717) is 0 Å². The molecule has 1 aliphatic rings. The predicted octanol–water partition coefficient (Wildman–Crippen LogP) is 11.0. The van der Waals surface area contributed by atoms with Gasteiger partial charge in [-0.2, -0.15) is 0 Å². The van der Waals surface area contributed by atoms with Gasteiger partial charge in [-0.15, -0.1) is 12.6 Å². The van der Waals surface area contributed by atoms with Crippen molar-refractivity contribution in [3.63, 3.8) is 0 Å². The summed E-state index contributed by atoms with van der Waals surface area (Å²) in [5.41, 5.74) is 16.2. The fourth-order valence-corrected chi connectivity index (χ4v) is 5.42. The van der Waals surface area contributed by atoms with Gasteiger partial charge in [0.15, 0.2) is 0 Å². The third kappa shape index (κ3) is 8.30. The van der Waals surface area contributed by atoms with Gasteiger partial charge in [0.2, 0.25) is 0 Å². The highest BCUT2D eigenvalue weighted by molar-refractivity contribution is 7.80. The van der Waals surface area contributed by atoms with Crippen molar-refractivity contribution in [3.8, 4) is 0 Å². The molecule has 0 saturated carbocycles. The average Bonchev–Trinajstić information content (AvgIpc) is 3.30. The Balaban J connectivity index is 0.00000248. The number of para-hydroxylation sites is 1. The van der Waals surface area contributed by atoms with Crippen molar-refractivity contribution in [1.82, 2.24) is 4.57 Å². The lowest BCUT2D eigenvalue weighted by Gasteiger charge is -2.22. The van der Waals surface area contributed by atoms with Crippen LogP contribution in [0.2, 0.25) is 0 Å². The molecule has 1 atom stereocenters. The van der Waals surface area contributed by atoms with E-state index in [4.69, 9.17) is 18.4 Å². The van der Waals surface area contributed by atoms with E-state index in [1.807, 2.05) is 62.4 Å². The maximum Gasteiger partial charge on any atom is 0.0839 e. The zero-order valence-corrected chi connectivity index (χ0v) is 26.6. The minimum absolute atomic E-state index is 0.0814. The zero-order chi connectivity index (χ0) is 31.2. The Morgan fingerprint density at radius 3 is 2.35 bits per heavy atom. The first-order valence-electron chi connectivity index (χ1n) is 14.8. The smallest absolute Gasteiger partial charge is 0.0839 e. The average molecular weight is 585 g/mol. The van der Waals surface area contributed by atoms with Gasteiger partial charge in [-0.25, -0.2) is 0 Å². The van der Waals surface area contributed by atoms with Crippen molar-refractivity contribution < 1.29 is 0 Å². The lowest BCUT2D eigenvalue weighted by atomic mass is 9.84. The van der Waals surface area contributed by atoms with E-state index in [1.165, 1.54) is 5.56 Å². The van der Waals surface area contributed by atoms with E-state index in [2.05, 4.69) is 98.1 Å². The molecule has 4 rings (SSSR count). The molecule has 0 amide bonds. The molecule has 3 aromatic rings. The number of allylic oxidation sites excluding steroid dienone is 12. The number of anilines is 1. The highest BCUT2D eigenvalue weighted by atomic mass is 32.1. The van der Waals surface area contributed by atoms with E-state index in [0.717, 1.165) is 62.7 Å². The second-order valence-electron chi connectivity index (χ2n) is 9.94. The molecule has 220 valence electrons. The summed E-state index contributed by atoms with van der Waals surface area (Å²) >= 11 is 5.09.